The SMILES string of the molecule is O=C(O)c1cc2cccc(OCCNCCc3c[nH]c4ccc(F)cc34)c2o1. The van der Waals surface area contributed by atoms with Crippen molar-refractivity contribution < 1.29 is 23.4 Å². The molecule has 2 aromatic carbocycles. The molecule has 7 heteroatoms. The highest BCUT2D eigenvalue weighted by molar-refractivity contribution is 5.93. The van der Waals surface area contributed by atoms with Gasteiger partial charge in [0.2, 0.25) is 5.76 Å². The Morgan fingerprint density at radius 2 is 2.11 bits per heavy atom. The topological polar surface area (TPSA) is 87.5 Å². The van der Waals surface area contributed by atoms with Gasteiger partial charge in [0.15, 0.2) is 11.3 Å². The van der Waals surface area contributed by atoms with Crippen molar-refractivity contribution in [2.45, 2.75) is 6.42 Å². The molecular weight excluding hydrogens is 363 g/mol. The number of aromatic carboxylic acids is 1. The molecule has 0 aliphatic rings. The lowest BCUT2D eigenvalue weighted by molar-refractivity contribution is 0.0665. The zero-order valence-electron chi connectivity index (χ0n) is 15.0. The largest absolute Gasteiger partial charge is 0.488 e. The first kappa shape index (κ1) is 18.1. The average Bonchev–Trinajstić information content (AvgIpc) is 3.29. The Morgan fingerprint density at radius 1 is 1.21 bits per heavy atom. The maximum Gasteiger partial charge on any atom is 0.371 e. The van der Waals surface area contributed by atoms with Crippen LogP contribution in [0.4, 0.5) is 4.39 Å². The second kappa shape index (κ2) is 7.74. The summed E-state index contributed by atoms with van der Waals surface area (Å²) >= 11 is 0. The van der Waals surface area contributed by atoms with E-state index in [1.54, 1.807) is 30.3 Å². The van der Waals surface area contributed by atoms with Crippen molar-refractivity contribution in [3.05, 3.63) is 65.8 Å². The van der Waals surface area contributed by atoms with Crippen molar-refractivity contribution in [3.8, 4) is 5.75 Å². The molecule has 3 N–H and O–H groups in total. The van der Waals surface area contributed by atoms with Crippen molar-refractivity contribution in [2.75, 3.05) is 19.7 Å². The van der Waals surface area contributed by atoms with E-state index in [0.29, 0.717) is 29.9 Å². The van der Waals surface area contributed by atoms with Gasteiger partial charge in [-0.3, -0.25) is 0 Å². The van der Waals surface area contributed by atoms with Gasteiger partial charge in [0.1, 0.15) is 12.4 Å². The molecule has 0 atom stereocenters. The fraction of sp³-hybridized carbons (Fsp3) is 0.190. The summed E-state index contributed by atoms with van der Waals surface area (Å²) in [6.07, 6.45) is 2.67. The molecule has 0 fully saturated rings. The Balaban J connectivity index is 1.28. The van der Waals surface area contributed by atoms with E-state index in [2.05, 4.69) is 10.3 Å². The molecule has 0 saturated carbocycles. The molecule has 2 heterocycles. The number of halogens is 1. The Bertz CT molecular complexity index is 1130. The number of aromatic amines is 1. The van der Waals surface area contributed by atoms with E-state index < -0.39 is 5.97 Å². The van der Waals surface area contributed by atoms with Crippen LogP contribution in [0.2, 0.25) is 0 Å². The minimum absolute atomic E-state index is 0.112. The van der Waals surface area contributed by atoms with Crippen molar-refractivity contribution in [3.63, 3.8) is 0 Å². The molecule has 6 nitrogen and oxygen atoms in total. The number of hydrogen-bond acceptors (Lipinski definition) is 4. The molecule has 0 aliphatic heterocycles. The first-order chi connectivity index (χ1) is 13.6. The molecule has 144 valence electrons. The zero-order chi connectivity index (χ0) is 19.5. The molecule has 2 aromatic heterocycles. The fourth-order valence-corrected chi connectivity index (χ4v) is 3.19. The van der Waals surface area contributed by atoms with Crippen LogP contribution in [0.25, 0.3) is 21.9 Å². The minimum Gasteiger partial charge on any atom is -0.488 e. The van der Waals surface area contributed by atoms with Gasteiger partial charge in [-0.05, 0) is 48.9 Å². The van der Waals surface area contributed by atoms with Crippen molar-refractivity contribution in [2.24, 2.45) is 0 Å². The molecule has 28 heavy (non-hydrogen) atoms. The quantitative estimate of drug-likeness (QED) is 0.402. The van der Waals surface area contributed by atoms with E-state index in [9.17, 15) is 9.18 Å². The second-order valence-electron chi connectivity index (χ2n) is 6.44. The summed E-state index contributed by atoms with van der Waals surface area (Å²) in [7, 11) is 0. The van der Waals surface area contributed by atoms with Crippen LogP contribution < -0.4 is 10.1 Å². The summed E-state index contributed by atoms with van der Waals surface area (Å²) in [6.45, 7) is 1.74. The molecule has 0 radical (unpaired) electrons. The molecule has 0 spiro atoms. The van der Waals surface area contributed by atoms with Crippen LogP contribution in [0.1, 0.15) is 16.1 Å². The van der Waals surface area contributed by atoms with Gasteiger partial charge in [0.25, 0.3) is 0 Å². The summed E-state index contributed by atoms with van der Waals surface area (Å²) in [5, 5.41) is 13.9. The number of fused-ring (bicyclic) bond motifs is 2. The number of aromatic nitrogens is 1. The van der Waals surface area contributed by atoms with Crippen LogP contribution in [-0.4, -0.2) is 35.8 Å². The lowest BCUT2D eigenvalue weighted by Crippen LogP contribution is -2.23. The van der Waals surface area contributed by atoms with Crippen molar-refractivity contribution in [1.82, 2.24) is 10.3 Å². The highest BCUT2D eigenvalue weighted by atomic mass is 19.1. The number of rotatable bonds is 8. The van der Waals surface area contributed by atoms with Gasteiger partial charge in [0, 0.05) is 29.0 Å². The number of H-pyrrole nitrogens is 1. The molecule has 0 saturated heterocycles. The van der Waals surface area contributed by atoms with Gasteiger partial charge in [-0.2, -0.15) is 0 Å². The third-order valence-corrected chi connectivity index (χ3v) is 4.56. The minimum atomic E-state index is -1.11. The highest BCUT2D eigenvalue weighted by Gasteiger charge is 2.13. The number of ether oxygens (including phenoxy) is 1. The van der Waals surface area contributed by atoms with Crippen LogP contribution in [0.3, 0.4) is 0 Å². The average molecular weight is 382 g/mol. The van der Waals surface area contributed by atoms with E-state index in [4.69, 9.17) is 14.3 Å². The Hall–Kier alpha value is -3.32. The van der Waals surface area contributed by atoms with E-state index in [1.807, 2.05) is 6.20 Å². The first-order valence-electron chi connectivity index (χ1n) is 8.97. The smallest absolute Gasteiger partial charge is 0.371 e. The second-order valence-corrected chi connectivity index (χ2v) is 6.44. The fourth-order valence-electron chi connectivity index (χ4n) is 3.19. The Morgan fingerprint density at radius 3 is 2.96 bits per heavy atom. The third kappa shape index (κ3) is 3.70. The summed E-state index contributed by atoms with van der Waals surface area (Å²) < 4.78 is 24.5. The number of carboxylic acid groups (broad SMARTS) is 1. The standard InChI is InChI=1S/C21H19FN2O4/c22-15-4-5-17-16(11-15)14(12-24-17)6-7-23-8-9-27-18-3-1-2-13-10-19(21(25)26)28-20(13)18/h1-5,10-12,23-24H,6-9H2,(H,25,26). The predicted octanol–water partition coefficient (Wildman–Crippen LogP) is 3.96. The maximum atomic E-state index is 13.4. The summed E-state index contributed by atoms with van der Waals surface area (Å²) in [5.74, 6) is -0.952. The molecule has 0 aliphatic carbocycles. The highest BCUT2D eigenvalue weighted by Crippen LogP contribution is 2.28. The van der Waals surface area contributed by atoms with Crippen LogP contribution >= 0.6 is 0 Å². The molecule has 4 rings (SSSR count). The number of hydrogen-bond donors (Lipinski definition) is 3. The van der Waals surface area contributed by atoms with E-state index >= 15 is 0 Å². The lowest BCUT2D eigenvalue weighted by Gasteiger charge is -2.08. The molecule has 0 unspecified atom stereocenters. The van der Waals surface area contributed by atoms with E-state index in [0.717, 1.165) is 29.4 Å². The van der Waals surface area contributed by atoms with Crippen LogP contribution in [-0.2, 0) is 6.42 Å². The van der Waals surface area contributed by atoms with Crippen LogP contribution in [0.15, 0.2) is 53.1 Å². The number of furan rings is 1. The molecular formula is C21H19FN2O4. The van der Waals surface area contributed by atoms with Crippen LogP contribution in [0.5, 0.6) is 5.75 Å². The van der Waals surface area contributed by atoms with Gasteiger partial charge in [0.05, 0.1) is 0 Å². The molecule has 0 bridgehead atoms. The number of carboxylic acids is 1. The number of carbonyl (C=O) groups is 1. The van der Waals surface area contributed by atoms with Crippen molar-refractivity contribution >= 4 is 27.8 Å². The van der Waals surface area contributed by atoms with Gasteiger partial charge < -0.3 is 24.6 Å². The maximum absolute atomic E-state index is 13.4. The number of para-hydroxylation sites is 1. The van der Waals surface area contributed by atoms with E-state index in [1.165, 1.54) is 12.1 Å². The lowest BCUT2D eigenvalue weighted by atomic mass is 10.1. The van der Waals surface area contributed by atoms with Gasteiger partial charge >= 0.3 is 5.97 Å². The zero-order valence-corrected chi connectivity index (χ0v) is 15.0. The first-order valence-corrected chi connectivity index (χ1v) is 8.97. The normalized spacial score (nSPS) is 11.3. The summed E-state index contributed by atoms with van der Waals surface area (Å²) in [6, 6.07) is 11.5. The predicted molar refractivity (Wildman–Crippen MR) is 103 cm³/mol. The van der Waals surface area contributed by atoms with Gasteiger partial charge in [-0.15, -0.1) is 0 Å². The van der Waals surface area contributed by atoms with Crippen LogP contribution in [0, 0.1) is 5.82 Å². The number of nitrogens with one attached hydrogen (secondary N) is 2. The number of benzene rings is 2. The monoisotopic (exact) mass is 382 g/mol. The Kier molecular flexibility index (Phi) is 4.99. The molecule has 0 amide bonds. The van der Waals surface area contributed by atoms with Gasteiger partial charge in [-0.1, -0.05) is 12.1 Å². The summed E-state index contributed by atoms with van der Waals surface area (Å²) in [5.41, 5.74) is 2.41. The van der Waals surface area contributed by atoms with Crippen molar-refractivity contribution in [1.29, 1.82) is 0 Å². The summed E-state index contributed by atoms with van der Waals surface area (Å²) in [4.78, 5) is 14.2. The van der Waals surface area contributed by atoms with E-state index in [-0.39, 0.29) is 11.6 Å². The molecule has 4 aromatic rings. The Labute approximate surface area is 159 Å². The third-order valence-electron chi connectivity index (χ3n) is 4.56. The van der Waals surface area contributed by atoms with Gasteiger partial charge in [-0.25, -0.2) is 9.18 Å².